The predicted octanol–water partition coefficient (Wildman–Crippen LogP) is 1.63. The molecule has 31 heavy (non-hydrogen) atoms. The van der Waals surface area contributed by atoms with Crippen LogP contribution in [-0.4, -0.2) is 58.8 Å². The van der Waals surface area contributed by atoms with Crippen molar-refractivity contribution < 1.29 is 19.4 Å². The second-order valence-electron chi connectivity index (χ2n) is 7.96. The molecule has 9 heteroatoms. The molecule has 1 aromatic heterocycles. The summed E-state index contributed by atoms with van der Waals surface area (Å²) in [6, 6.07) is 0.436. The van der Waals surface area contributed by atoms with Crippen LogP contribution in [0.1, 0.15) is 36.0 Å². The van der Waals surface area contributed by atoms with Gasteiger partial charge in [-0.2, -0.15) is 0 Å². The van der Waals surface area contributed by atoms with Crippen LogP contribution in [0, 0.1) is 5.92 Å². The predicted molar refractivity (Wildman–Crippen MR) is 114 cm³/mol. The maximum absolute atomic E-state index is 12.3. The van der Waals surface area contributed by atoms with Gasteiger partial charge in [-0.3, -0.25) is 4.79 Å². The molecule has 3 aliphatic rings. The summed E-state index contributed by atoms with van der Waals surface area (Å²) in [7, 11) is 0. The highest BCUT2D eigenvalue weighted by Gasteiger charge is 2.29. The van der Waals surface area contributed by atoms with Crippen molar-refractivity contribution in [2.24, 2.45) is 5.92 Å². The lowest BCUT2D eigenvalue weighted by Gasteiger charge is -2.23. The number of carbonyl (C=O) groups is 2. The van der Waals surface area contributed by atoms with E-state index in [2.05, 4.69) is 32.0 Å². The summed E-state index contributed by atoms with van der Waals surface area (Å²) in [5, 5.41) is 18.9. The lowest BCUT2D eigenvalue weighted by molar-refractivity contribution is -0.136. The van der Waals surface area contributed by atoms with Gasteiger partial charge in [-0.15, -0.1) is 0 Å². The summed E-state index contributed by atoms with van der Waals surface area (Å²) in [4.78, 5) is 31.8. The first kappa shape index (κ1) is 21.0. The second-order valence-corrected chi connectivity index (χ2v) is 7.96. The van der Waals surface area contributed by atoms with Gasteiger partial charge in [0.2, 0.25) is 5.95 Å². The molecule has 2 atom stereocenters. The second kappa shape index (κ2) is 9.74. The third kappa shape index (κ3) is 5.49. The van der Waals surface area contributed by atoms with Gasteiger partial charge in [0, 0.05) is 30.8 Å². The van der Waals surface area contributed by atoms with Gasteiger partial charge in [-0.05, 0) is 43.3 Å². The van der Waals surface area contributed by atoms with Crippen molar-refractivity contribution in [3.63, 3.8) is 0 Å². The van der Waals surface area contributed by atoms with E-state index in [1.54, 1.807) is 6.20 Å². The Kier molecular flexibility index (Phi) is 6.61. The Hall–Kier alpha value is -3.20. The molecule has 4 rings (SSSR count). The molecule has 0 amide bonds. The number of anilines is 1. The third-order valence-corrected chi connectivity index (χ3v) is 5.73. The van der Waals surface area contributed by atoms with Crippen LogP contribution < -0.4 is 16.0 Å². The Balaban J connectivity index is 1.25. The normalized spacial score (nSPS) is 22.7. The fourth-order valence-electron chi connectivity index (χ4n) is 4.05. The van der Waals surface area contributed by atoms with Gasteiger partial charge in [0.1, 0.15) is 0 Å². The van der Waals surface area contributed by atoms with E-state index in [0.717, 1.165) is 37.1 Å². The van der Waals surface area contributed by atoms with Crippen LogP contribution in [0.3, 0.4) is 0 Å². The number of hydrogen-bond acceptors (Lipinski definition) is 8. The molecule has 3 heterocycles. The van der Waals surface area contributed by atoms with Gasteiger partial charge < -0.3 is 25.8 Å². The van der Waals surface area contributed by atoms with E-state index < -0.39 is 11.9 Å². The summed E-state index contributed by atoms with van der Waals surface area (Å²) >= 11 is 0. The van der Waals surface area contributed by atoms with Crippen LogP contribution in [0.2, 0.25) is 0 Å². The van der Waals surface area contributed by atoms with E-state index in [0.29, 0.717) is 24.0 Å². The average Bonchev–Trinajstić information content (AvgIpc) is 3.16. The highest BCUT2D eigenvalue weighted by atomic mass is 16.5. The van der Waals surface area contributed by atoms with E-state index in [-0.39, 0.29) is 25.0 Å². The minimum Gasteiger partial charge on any atom is -0.481 e. The zero-order valence-electron chi connectivity index (χ0n) is 17.2. The highest BCUT2D eigenvalue weighted by Crippen LogP contribution is 2.31. The monoisotopic (exact) mass is 425 g/mol. The Morgan fingerprint density at radius 3 is 2.74 bits per heavy atom. The standard InChI is InChI=1S/C22H27N5O4/c28-20(29)10-15-11-24-19-2-1-14(9-18(15)19)5-8-31-21(30)16-12-25-22(26-13-16)27-17-3-6-23-7-4-17/h1-2,9,11-13,17-19,23-24H,3-8,10H2,(H,28,29)(H,25,26,27). The molecule has 2 unspecified atom stereocenters. The molecule has 1 aromatic rings. The van der Waals surface area contributed by atoms with Crippen molar-refractivity contribution in [3.8, 4) is 0 Å². The van der Waals surface area contributed by atoms with Gasteiger partial charge in [0.15, 0.2) is 0 Å². The fourth-order valence-corrected chi connectivity index (χ4v) is 4.05. The SMILES string of the molecule is O=C(O)CC1=CNC2C=CC(CCOC(=O)c3cnc(NC4CCNCC4)nc3)=CC12. The molecular formula is C22H27N5O4. The zero-order valence-corrected chi connectivity index (χ0v) is 17.2. The van der Waals surface area contributed by atoms with Gasteiger partial charge >= 0.3 is 11.9 Å². The number of aliphatic carboxylic acids is 1. The zero-order chi connectivity index (χ0) is 21.6. The lowest BCUT2D eigenvalue weighted by Crippen LogP contribution is -2.35. The van der Waals surface area contributed by atoms with Crippen molar-refractivity contribution in [2.45, 2.75) is 37.8 Å². The molecule has 4 N–H and O–H groups in total. The number of fused-ring (bicyclic) bond motifs is 1. The number of hydrogen-bond donors (Lipinski definition) is 4. The lowest BCUT2D eigenvalue weighted by atomic mass is 9.86. The highest BCUT2D eigenvalue weighted by molar-refractivity contribution is 5.88. The summed E-state index contributed by atoms with van der Waals surface area (Å²) in [6.07, 6.45) is 13.4. The minimum atomic E-state index is -0.841. The number of allylic oxidation sites excluding steroid dienone is 1. The van der Waals surface area contributed by atoms with Crippen LogP contribution in [-0.2, 0) is 9.53 Å². The van der Waals surface area contributed by atoms with E-state index in [1.807, 2.05) is 12.2 Å². The van der Waals surface area contributed by atoms with E-state index in [1.165, 1.54) is 12.4 Å². The van der Waals surface area contributed by atoms with Crippen LogP contribution >= 0.6 is 0 Å². The molecule has 0 radical (unpaired) electrons. The fraction of sp³-hybridized carbons (Fsp3) is 0.455. The van der Waals surface area contributed by atoms with Crippen molar-refractivity contribution in [2.75, 3.05) is 25.0 Å². The van der Waals surface area contributed by atoms with Crippen LogP contribution in [0.4, 0.5) is 5.95 Å². The Labute approximate surface area is 180 Å². The minimum absolute atomic E-state index is 0.0171. The number of esters is 1. The first-order chi connectivity index (χ1) is 15.1. The molecule has 9 nitrogen and oxygen atoms in total. The third-order valence-electron chi connectivity index (χ3n) is 5.73. The van der Waals surface area contributed by atoms with Gasteiger partial charge in [-0.25, -0.2) is 14.8 Å². The maximum atomic E-state index is 12.3. The topological polar surface area (TPSA) is 125 Å². The molecule has 0 saturated carbocycles. The summed E-state index contributed by atoms with van der Waals surface area (Å²) in [6.45, 7) is 2.18. The number of nitrogens with zero attached hydrogens (tertiary/aromatic N) is 2. The van der Waals surface area contributed by atoms with E-state index >= 15 is 0 Å². The van der Waals surface area contributed by atoms with Crippen LogP contribution in [0.5, 0.6) is 0 Å². The van der Waals surface area contributed by atoms with Crippen molar-refractivity contribution >= 4 is 17.9 Å². The number of nitrogens with one attached hydrogen (secondary N) is 3. The molecule has 0 bridgehead atoms. The number of ether oxygens (including phenoxy) is 1. The van der Waals surface area contributed by atoms with Crippen molar-refractivity contribution in [1.29, 1.82) is 0 Å². The van der Waals surface area contributed by atoms with Crippen LogP contribution in [0.25, 0.3) is 0 Å². The van der Waals surface area contributed by atoms with Crippen molar-refractivity contribution in [1.82, 2.24) is 20.6 Å². The number of rotatable bonds is 8. The molecular weight excluding hydrogens is 398 g/mol. The Bertz CT molecular complexity index is 903. The van der Waals surface area contributed by atoms with Gasteiger partial charge in [-0.1, -0.05) is 18.2 Å². The number of carbonyl (C=O) groups excluding carboxylic acids is 1. The average molecular weight is 425 g/mol. The smallest absolute Gasteiger partial charge is 0.341 e. The molecule has 0 aromatic carbocycles. The number of aromatic nitrogens is 2. The van der Waals surface area contributed by atoms with Crippen molar-refractivity contribution in [3.05, 3.63) is 53.5 Å². The quantitative estimate of drug-likeness (QED) is 0.460. The van der Waals surface area contributed by atoms with Gasteiger partial charge in [0.05, 0.1) is 24.6 Å². The Morgan fingerprint density at radius 1 is 1.23 bits per heavy atom. The molecule has 1 fully saturated rings. The number of piperidine rings is 1. The molecule has 2 aliphatic heterocycles. The summed E-state index contributed by atoms with van der Waals surface area (Å²) < 4.78 is 5.38. The largest absolute Gasteiger partial charge is 0.481 e. The van der Waals surface area contributed by atoms with Gasteiger partial charge in [0.25, 0.3) is 0 Å². The molecule has 1 saturated heterocycles. The Morgan fingerprint density at radius 2 is 2.00 bits per heavy atom. The van der Waals surface area contributed by atoms with E-state index in [9.17, 15) is 9.59 Å². The van der Waals surface area contributed by atoms with E-state index in [4.69, 9.17) is 9.84 Å². The van der Waals surface area contributed by atoms with Crippen LogP contribution in [0.15, 0.2) is 48.0 Å². The number of carboxylic acids is 1. The first-order valence-electron chi connectivity index (χ1n) is 10.6. The maximum Gasteiger partial charge on any atom is 0.341 e. The first-order valence-corrected chi connectivity index (χ1v) is 10.6. The summed E-state index contributed by atoms with van der Waals surface area (Å²) in [5.41, 5.74) is 2.19. The summed E-state index contributed by atoms with van der Waals surface area (Å²) in [5.74, 6) is -0.752. The molecule has 164 valence electrons. The number of carboxylic acid groups (broad SMARTS) is 1. The molecule has 1 aliphatic carbocycles. The molecule has 0 spiro atoms.